The van der Waals surface area contributed by atoms with E-state index >= 15 is 0 Å². The van der Waals surface area contributed by atoms with Gasteiger partial charge < -0.3 is 0 Å². The SMILES string of the molecule is Cc1cc2[cH-]c3cc(C)c(C(C)(C)C)cc3c2cc1C(C)(C)C.Clc1cccc([C](=[Zr+2])c2cccc(Cl)c2)c1.c1cc[cH-]c1. The van der Waals surface area contributed by atoms with E-state index in [1.165, 1.54) is 71.2 Å². The Labute approximate surface area is 289 Å². The van der Waals surface area contributed by atoms with Crippen LogP contribution in [-0.4, -0.2) is 3.21 Å². The van der Waals surface area contributed by atoms with Gasteiger partial charge in [-0.2, -0.15) is 18.2 Å². The minimum atomic E-state index is 0.180. The molecule has 6 aromatic rings. The normalized spacial score (nSPS) is 11.5. The molecule has 0 fully saturated rings. The third kappa shape index (κ3) is 8.57. The van der Waals surface area contributed by atoms with Gasteiger partial charge in [0.2, 0.25) is 0 Å². The van der Waals surface area contributed by atoms with E-state index in [9.17, 15) is 0 Å². The van der Waals surface area contributed by atoms with Crippen molar-refractivity contribution in [3.05, 3.63) is 153 Å². The van der Waals surface area contributed by atoms with E-state index < -0.39 is 0 Å². The molecule has 0 aliphatic rings. The summed E-state index contributed by atoms with van der Waals surface area (Å²) in [7, 11) is 0. The maximum absolute atomic E-state index is 5.98. The predicted molar refractivity (Wildman–Crippen MR) is 192 cm³/mol. The van der Waals surface area contributed by atoms with Crippen molar-refractivity contribution >= 4 is 48.0 Å². The van der Waals surface area contributed by atoms with Crippen LogP contribution in [0, 0.1) is 13.8 Å². The summed E-state index contributed by atoms with van der Waals surface area (Å²) in [4.78, 5) is 0. The zero-order valence-corrected chi connectivity index (χ0v) is 31.1. The van der Waals surface area contributed by atoms with Gasteiger partial charge in [-0.25, -0.2) is 12.1 Å². The van der Waals surface area contributed by atoms with Gasteiger partial charge in [0.05, 0.1) is 0 Å². The molecule has 224 valence electrons. The molecule has 0 heterocycles. The number of halogens is 2. The Hall–Kier alpha value is -2.57. The minimum Gasteiger partial charge on any atom is -0.214 e. The Morgan fingerprint density at radius 2 is 1.00 bits per heavy atom. The van der Waals surface area contributed by atoms with Crippen LogP contribution in [0.2, 0.25) is 10.0 Å². The predicted octanol–water partition coefficient (Wildman–Crippen LogP) is 12.4. The fourth-order valence-electron chi connectivity index (χ4n) is 5.72. The molecule has 0 amide bonds. The second-order valence-electron chi connectivity index (χ2n) is 13.5. The van der Waals surface area contributed by atoms with Crippen LogP contribution in [0.1, 0.15) is 74.9 Å². The molecular weight excluding hydrogens is 655 g/mol. The van der Waals surface area contributed by atoms with Crippen LogP contribution in [0.5, 0.6) is 0 Å². The van der Waals surface area contributed by atoms with Gasteiger partial charge in [0, 0.05) is 0 Å². The van der Waals surface area contributed by atoms with Gasteiger partial charge in [-0.05, 0) is 24.7 Å². The molecule has 0 saturated heterocycles. The number of hydrogen-bond acceptors (Lipinski definition) is 0. The summed E-state index contributed by atoms with van der Waals surface area (Å²) >= 11 is 13.3. The van der Waals surface area contributed by atoms with Crippen molar-refractivity contribution in [3.63, 3.8) is 0 Å². The molecule has 0 N–H and O–H groups in total. The molecule has 0 spiro atoms. The first-order valence-electron chi connectivity index (χ1n) is 15.1. The number of hydrogen-bond donors (Lipinski definition) is 0. The van der Waals surface area contributed by atoms with Gasteiger partial charge >= 0.3 is 120 Å². The third-order valence-electron chi connectivity index (χ3n) is 7.79. The standard InChI is InChI=1S/C23H29.C13H8Cl2.C5H5.Zr/c1-14-9-16-11-17-10-15(2)21(23(6,7)8)13-19(17)18(16)12-20(14)22(3,4)5;14-12-5-1-3-10(8-12)7-11-4-2-6-13(15)9-11;1-2-4-5-3-1;/h9-13H,1-8H3;1-6,8-9H;1-5H;/q-1;;-1;+2. The van der Waals surface area contributed by atoms with Crippen molar-refractivity contribution in [2.75, 3.05) is 0 Å². The van der Waals surface area contributed by atoms with Crippen molar-refractivity contribution in [2.24, 2.45) is 0 Å². The summed E-state index contributed by atoms with van der Waals surface area (Å²) in [5, 5.41) is 7.08. The van der Waals surface area contributed by atoms with Gasteiger partial charge in [-0.1, -0.05) is 75.9 Å². The number of aryl methyl sites for hydroxylation is 2. The molecule has 0 nitrogen and oxygen atoms in total. The second-order valence-corrected chi connectivity index (χ2v) is 15.6. The smallest absolute Gasteiger partial charge is 0.172 e. The van der Waals surface area contributed by atoms with Gasteiger partial charge in [-0.3, -0.25) is 0 Å². The van der Waals surface area contributed by atoms with E-state index in [1.807, 2.05) is 66.7 Å². The minimum absolute atomic E-state index is 0.180. The fourth-order valence-corrected chi connectivity index (χ4v) is 6.87. The fraction of sp³-hybridized carbons (Fsp3) is 0.244. The van der Waals surface area contributed by atoms with Gasteiger partial charge in [0.1, 0.15) is 0 Å². The molecule has 0 saturated carbocycles. The molecule has 6 rings (SSSR count). The molecular formula is C41H42Cl2Zr. The van der Waals surface area contributed by atoms with Crippen molar-refractivity contribution in [1.29, 1.82) is 0 Å². The zero-order chi connectivity index (χ0) is 32.2. The Bertz CT molecular complexity index is 1730. The summed E-state index contributed by atoms with van der Waals surface area (Å²) in [5.41, 5.74) is 8.38. The summed E-state index contributed by atoms with van der Waals surface area (Å²) in [6, 6.07) is 37.7. The van der Waals surface area contributed by atoms with Crippen molar-refractivity contribution in [2.45, 2.75) is 66.2 Å². The zero-order valence-electron chi connectivity index (χ0n) is 27.1. The number of fused-ring (bicyclic) bond motifs is 3. The number of rotatable bonds is 2. The molecule has 0 aliphatic carbocycles. The molecule has 0 aliphatic heterocycles. The average Bonchev–Trinajstić information content (AvgIpc) is 3.62. The van der Waals surface area contributed by atoms with Crippen LogP contribution in [0.25, 0.3) is 21.5 Å². The average molecular weight is 697 g/mol. The monoisotopic (exact) mass is 694 g/mol. The van der Waals surface area contributed by atoms with Crippen LogP contribution >= 0.6 is 23.2 Å². The molecule has 0 unspecified atom stereocenters. The maximum atomic E-state index is 5.98. The van der Waals surface area contributed by atoms with E-state index in [-0.39, 0.29) is 10.8 Å². The largest absolute Gasteiger partial charge is 0.214 e. The van der Waals surface area contributed by atoms with E-state index in [0.29, 0.717) is 0 Å². The van der Waals surface area contributed by atoms with Gasteiger partial charge in [0.15, 0.2) is 0 Å². The van der Waals surface area contributed by atoms with Crippen molar-refractivity contribution < 1.29 is 24.2 Å². The van der Waals surface area contributed by atoms with Crippen molar-refractivity contribution in [3.8, 4) is 0 Å². The Morgan fingerprint density at radius 3 is 1.32 bits per heavy atom. The van der Waals surface area contributed by atoms with Crippen LogP contribution < -0.4 is 0 Å². The first kappa shape index (κ1) is 34.3. The van der Waals surface area contributed by atoms with Crippen LogP contribution in [-0.2, 0) is 35.1 Å². The van der Waals surface area contributed by atoms with Gasteiger partial charge in [-0.15, -0.1) is 39.7 Å². The molecule has 6 aromatic carbocycles. The summed E-state index contributed by atoms with van der Waals surface area (Å²) < 4.78 is 1.26. The van der Waals surface area contributed by atoms with Crippen molar-refractivity contribution in [1.82, 2.24) is 0 Å². The Kier molecular flexibility index (Phi) is 11.1. The van der Waals surface area contributed by atoms with E-state index in [4.69, 9.17) is 23.2 Å². The Balaban J connectivity index is 0.000000181. The van der Waals surface area contributed by atoms with E-state index in [0.717, 1.165) is 21.2 Å². The molecule has 0 atom stereocenters. The summed E-state index contributed by atoms with van der Waals surface area (Å²) in [5.74, 6) is 0. The van der Waals surface area contributed by atoms with Gasteiger partial charge in [0.25, 0.3) is 0 Å². The Morgan fingerprint density at radius 1 is 0.591 bits per heavy atom. The molecule has 0 bridgehead atoms. The summed E-state index contributed by atoms with van der Waals surface area (Å²) in [6.45, 7) is 18.3. The van der Waals surface area contributed by atoms with E-state index in [2.05, 4.69) is 97.9 Å². The first-order chi connectivity index (χ1) is 20.6. The second kappa shape index (κ2) is 14.2. The molecule has 3 heteroatoms. The van der Waals surface area contributed by atoms with E-state index in [1.54, 1.807) is 0 Å². The summed E-state index contributed by atoms with van der Waals surface area (Å²) in [6.07, 6.45) is 0. The number of benzene rings is 4. The van der Waals surface area contributed by atoms with Crippen LogP contribution in [0.15, 0.2) is 109 Å². The maximum Gasteiger partial charge on any atom is -0.172 e. The molecule has 44 heavy (non-hydrogen) atoms. The quantitative estimate of drug-likeness (QED) is 0.158. The third-order valence-corrected chi connectivity index (χ3v) is 9.68. The molecule has 0 radical (unpaired) electrons. The van der Waals surface area contributed by atoms with Crippen LogP contribution in [0.3, 0.4) is 0 Å². The van der Waals surface area contributed by atoms with Crippen LogP contribution in [0.4, 0.5) is 0 Å². The topological polar surface area (TPSA) is 0 Å². The first-order valence-corrected chi connectivity index (χ1v) is 17.1. The molecule has 0 aromatic heterocycles.